The fourth-order valence-electron chi connectivity index (χ4n) is 1.64. The van der Waals surface area contributed by atoms with E-state index in [2.05, 4.69) is 18.8 Å². The number of nitrogens with two attached hydrogens (primary N) is 1. The van der Waals surface area contributed by atoms with Gasteiger partial charge in [-0.1, -0.05) is 13.3 Å². The molecule has 0 radical (unpaired) electrons. The molecule has 1 aromatic rings. The Labute approximate surface area is 101 Å². The van der Waals surface area contributed by atoms with Gasteiger partial charge in [0, 0.05) is 19.2 Å². The van der Waals surface area contributed by atoms with Gasteiger partial charge in [-0.3, -0.25) is 10.1 Å². The van der Waals surface area contributed by atoms with Gasteiger partial charge in [-0.2, -0.15) is 0 Å². The van der Waals surface area contributed by atoms with E-state index in [1.807, 2.05) is 11.9 Å². The first-order valence-electron chi connectivity index (χ1n) is 5.61. The number of nitrogens with zero attached hydrogens (tertiary/aromatic N) is 3. The van der Waals surface area contributed by atoms with E-state index in [-0.39, 0.29) is 11.5 Å². The summed E-state index contributed by atoms with van der Waals surface area (Å²) in [6.45, 7) is 4.20. The molecule has 6 nitrogen and oxygen atoms in total. The standard InChI is InChI=1S/C11H18N4O2/c1-4-5-8(2)14(3)10-7-6-9(15(16)17)11(12)13-10/h6-8H,4-5H2,1-3H3,(H2,12,13). The number of hydrogen-bond donors (Lipinski definition) is 1. The molecule has 0 aliphatic heterocycles. The molecule has 0 aliphatic rings. The monoisotopic (exact) mass is 238 g/mol. The predicted octanol–water partition coefficient (Wildman–Crippen LogP) is 2.20. The molecule has 6 heteroatoms. The van der Waals surface area contributed by atoms with Gasteiger partial charge in [-0.25, -0.2) is 4.98 Å². The smallest absolute Gasteiger partial charge is 0.311 e. The molecule has 0 amide bonds. The molecule has 0 saturated heterocycles. The van der Waals surface area contributed by atoms with E-state index in [0.29, 0.717) is 11.9 Å². The minimum atomic E-state index is -0.526. The molecule has 0 bridgehead atoms. The average Bonchev–Trinajstić information content (AvgIpc) is 2.27. The highest BCUT2D eigenvalue weighted by atomic mass is 16.6. The Morgan fingerprint density at radius 1 is 1.59 bits per heavy atom. The second kappa shape index (κ2) is 5.47. The van der Waals surface area contributed by atoms with E-state index in [4.69, 9.17) is 5.73 Å². The van der Waals surface area contributed by atoms with Crippen molar-refractivity contribution in [1.29, 1.82) is 0 Å². The third-order valence-corrected chi connectivity index (χ3v) is 2.81. The highest BCUT2D eigenvalue weighted by Crippen LogP contribution is 2.23. The Hall–Kier alpha value is -1.85. The quantitative estimate of drug-likeness (QED) is 0.627. The summed E-state index contributed by atoms with van der Waals surface area (Å²) in [4.78, 5) is 16.1. The number of aromatic nitrogens is 1. The second-order valence-electron chi connectivity index (χ2n) is 4.08. The lowest BCUT2D eigenvalue weighted by atomic mass is 10.2. The van der Waals surface area contributed by atoms with Gasteiger partial charge in [0.1, 0.15) is 5.82 Å². The first-order chi connectivity index (χ1) is 7.97. The SMILES string of the molecule is CCCC(C)N(C)c1ccc([N+](=O)[O-])c(N)n1. The third kappa shape index (κ3) is 3.05. The molecule has 2 N–H and O–H groups in total. The van der Waals surface area contributed by atoms with Crippen LogP contribution in [0.25, 0.3) is 0 Å². The fraction of sp³-hybridized carbons (Fsp3) is 0.545. The van der Waals surface area contributed by atoms with E-state index in [0.717, 1.165) is 12.8 Å². The van der Waals surface area contributed by atoms with Gasteiger partial charge in [0.15, 0.2) is 0 Å². The van der Waals surface area contributed by atoms with Crippen molar-refractivity contribution in [1.82, 2.24) is 4.98 Å². The molecular weight excluding hydrogens is 220 g/mol. The fourth-order valence-corrected chi connectivity index (χ4v) is 1.64. The minimum Gasteiger partial charge on any atom is -0.378 e. The van der Waals surface area contributed by atoms with Gasteiger partial charge in [0.05, 0.1) is 4.92 Å². The van der Waals surface area contributed by atoms with Crippen LogP contribution >= 0.6 is 0 Å². The Morgan fingerprint density at radius 2 is 2.24 bits per heavy atom. The molecule has 1 unspecified atom stereocenters. The summed E-state index contributed by atoms with van der Waals surface area (Å²) in [6.07, 6.45) is 2.11. The summed E-state index contributed by atoms with van der Waals surface area (Å²) in [5.74, 6) is 0.622. The van der Waals surface area contributed by atoms with Gasteiger partial charge in [-0.15, -0.1) is 0 Å². The van der Waals surface area contributed by atoms with Crippen molar-refractivity contribution >= 4 is 17.3 Å². The first kappa shape index (κ1) is 13.2. The molecular formula is C11H18N4O2. The molecule has 1 aromatic heterocycles. The molecule has 1 heterocycles. The first-order valence-corrected chi connectivity index (χ1v) is 5.61. The molecule has 0 fully saturated rings. The Bertz CT molecular complexity index is 408. The molecule has 0 saturated carbocycles. The zero-order chi connectivity index (χ0) is 13.0. The maximum Gasteiger partial charge on any atom is 0.311 e. The van der Waals surface area contributed by atoms with E-state index in [1.54, 1.807) is 6.07 Å². The summed E-state index contributed by atoms with van der Waals surface area (Å²) >= 11 is 0. The lowest BCUT2D eigenvalue weighted by Gasteiger charge is -2.25. The molecule has 0 aliphatic carbocycles. The van der Waals surface area contributed by atoms with Crippen molar-refractivity contribution in [2.45, 2.75) is 32.7 Å². The van der Waals surface area contributed by atoms with Crippen molar-refractivity contribution in [2.75, 3.05) is 17.7 Å². The van der Waals surface area contributed by atoms with Crippen LogP contribution in [0.1, 0.15) is 26.7 Å². The van der Waals surface area contributed by atoms with Crippen LogP contribution in [0.3, 0.4) is 0 Å². The van der Waals surface area contributed by atoms with Crippen LogP contribution in [0.4, 0.5) is 17.3 Å². The molecule has 0 aromatic carbocycles. The van der Waals surface area contributed by atoms with Crippen molar-refractivity contribution in [3.05, 3.63) is 22.2 Å². The predicted molar refractivity (Wildman–Crippen MR) is 68.1 cm³/mol. The van der Waals surface area contributed by atoms with E-state index in [9.17, 15) is 10.1 Å². The average molecular weight is 238 g/mol. The van der Waals surface area contributed by atoms with Gasteiger partial charge in [-0.05, 0) is 19.4 Å². The molecule has 94 valence electrons. The third-order valence-electron chi connectivity index (χ3n) is 2.81. The topological polar surface area (TPSA) is 85.3 Å². The van der Waals surface area contributed by atoms with Crippen molar-refractivity contribution in [3.8, 4) is 0 Å². The summed E-state index contributed by atoms with van der Waals surface area (Å²) in [5.41, 5.74) is 5.41. The van der Waals surface area contributed by atoms with Crippen LogP contribution in [0.2, 0.25) is 0 Å². The summed E-state index contributed by atoms with van der Waals surface area (Å²) < 4.78 is 0. The van der Waals surface area contributed by atoms with Crippen LogP contribution in [0.15, 0.2) is 12.1 Å². The maximum atomic E-state index is 10.6. The Morgan fingerprint density at radius 3 is 2.71 bits per heavy atom. The molecule has 1 rings (SSSR count). The minimum absolute atomic E-state index is 0.0388. The van der Waals surface area contributed by atoms with E-state index >= 15 is 0 Å². The van der Waals surface area contributed by atoms with Crippen molar-refractivity contribution < 1.29 is 4.92 Å². The summed E-state index contributed by atoms with van der Waals surface area (Å²) in [7, 11) is 1.91. The number of nitrogen functional groups attached to an aromatic ring is 1. The van der Waals surface area contributed by atoms with Gasteiger partial charge >= 0.3 is 5.69 Å². The zero-order valence-electron chi connectivity index (χ0n) is 10.4. The Balaban J connectivity index is 2.93. The highest BCUT2D eigenvalue weighted by molar-refractivity contribution is 5.57. The molecule has 1 atom stereocenters. The van der Waals surface area contributed by atoms with Crippen LogP contribution in [0.5, 0.6) is 0 Å². The number of rotatable bonds is 5. The maximum absolute atomic E-state index is 10.6. The largest absolute Gasteiger partial charge is 0.378 e. The lowest BCUT2D eigenvalue weighted by Crippen LogP contribution is -2.29. The lowest BCUT2D eigenvalue weighted by molar-refractivity contribution is -0.384. The van der Waals surface area contributed by atoms with Gasteiger partial charge < -0.3 is 10.6 Å². The number of hydrogen-bond acceptors (Lipinski definition) is 5. The summed E-state index contributed by atoms with van der Waals surface area (Å²) in [5, 5.41) is 10.6. The van der Waals surface area contributed by atoms with Gasteiger partial charge in [0.25, 0.3) is 0 Å². The summed E-state index contributed by atoms with van der Waals surface area (Å²) in [6, 6.07) is 3.35. The van der Waals surface area contributed by atoms with Crippen molar-refractivity contribution in [2.24, 2.45) is 0 Å². The van der Waals surface area contributed by atoms with Crippen LogP contribution in [0, 0.1) is 10.1 Å². The normalized spacial score (nSPS) is 12.2. The van der Waals surface area contributed by atoms with Crippen molar-refractivity contribution in [3.63, 3.8) is 0 Å². The number of pyridine rings is 1. The van der Waals surface area contributed by atoms with Crippen LogP contribution < -0.4 is 10.6 Å². The molecule has 17 heavy (non-hydrogen) atoms. The number of nitro groups is 1. The van der Waals surface area contributed by atoms with E-state index < -0.39 is 4.92 Å². The van der Waals surface area contributed by atoms with Crippen LogP contribution in [-0.4, -0.2) is 23.0 Å². The van der Waals surface area contributed by atoms with Crippen LogP contribution in [-0.2, 0) is 0 Å². The number of anilines is 2. The highest BCUT2D eigenvalue weighted by Gasteiger charge is 2.16. The van der Waals surface area contributed by atoms with E-state index in [1.165, 1.54) is 6.07 Å². The second-order valence-corrected chi connectivity index (χ2v) is 4.08. The zero-order valence-corrected chi connectivity index (χ0v) is 10.4. The van der Waals surface area contributed by atoms with Gasteiger partial charge in [0.2, 0.25) is 5.82 Å². The Kier molecular flexibility index (Phi) is 4.25. The molecule has 0 spiro atoms.